The lowest BCUT2D eigenvalue weighted by atomic mass is 10.1. The molecule has 0 atom stereocenters. The van der Waals surface area contributed by atoms with Crippen LogP contribution in [0, 0.1) is 12.7 Å². The predicted molar refractivity (Wildman–Crippen MR) is 106 cm³/mol. The summed E-state index contributed by atoms with van der Waals surface area (Å²) in [5.74, 6) is -1.61. The number of hydrogen-bond acceptors (Lipinski definition) is 7. The van der Waals surface area contributed by atoms with E-state index >= 15 is 0 Å². The molecule has 2 N–H and O–H groups in total. The monoisotopic (exact) mass is 428 g/mol. The number of hydrogen-bond donors (Lipinski definition) is 2. The lowest BCUT2D eigenvalue weighted by Crippen LogP contribution is -2.37. The van der Waals surface area contributed by atoms with Gasteiger partial charge in [-0.05, 0) is 25.1 Å². The van der Waals surface area contributed by atoms with Crippen LogP contribution in [0.1, 0.15) is 16.1 Å². The largest absolute Gasteiger partial charge is 0.486 e. The van der Waals surface area contributed by atoms with Gasteiger partial charge in [0.05, 0.1) is 0 Å². The molecule has 0 fully saturated rings. The van der Waals surface area contributed by atoms with Crippen molar-refractivity contribution >= 4 is 34.6 Å². The summed E-state index contributed by atoms with van der Waals surface area (Å²) in [6.45, 7) is 1.68. The number of rotatable bonds is 4. The van der Waals surface area contributed by atoms with Gasteiger partial charge in [-0.3, -0.25) is 10.1 Å². The Labute approximate surface area is 175 Å². The first-order chi connectivity index (χ1) is 14.9. The summed E-state index contributed by atoms with van der Waals surface area (Å²) in [5, 5.41) is 4.93. The van der Waals surface area contributed by atoms with E-state index in [-0.39, 0.29) is 11.3 Å². The van der Waals surface area contributed by atoms with Crippen LogP contribution in [0.5, 0.6) is 11.5 Å². The van der Waals surface area contributed by atoms with Gasteiger partial charge in [0.1, 0.15) is 13.2 Å². The molecule has 3 amide bonds. The fourth-order valence-electron chi connectivity index (χ4n) is 3.05. The van der Waals surface area contributed by atoms with E-state index in [4.69, 9.17) is 18.6 Å². The van der Waals surface area contributed by atoms with Crippen molar-refractivity contribution in [3.05, 3.63) is 53.5 Å². The number of para-hydroxylation sites is 1. The zero-order chi connectivity index (χ0) is 22.0. The van der Waals surface area contributed by atoms with Crippen LogP contribution in [0.15, 0.2) is 40.8 Å². The molecule has 10 heteroatoms. The number of carbonyl (C=O) groups is 3. The van der Waals surface area contributed by atoms with Gasteiger partial charge in [0.2, 0.25) is 5.76 Å². The Balaban J connectivity index is 1.32. The fraction of sp³-hybridized carbons (Fsp3) is 0.190. The van der Waals surface area contributed by atoms with Gasteiger partial charge >= 0.3 is 12.0 Å². The SMILES string of the molecule is Cc1c(C(=O)OCC(=O)NC(=O)Nc2ccc3c(c2)OCCO3)oc2c(F)cccc12. The number of benzene rings is 2. The van der Waals surface area contributed by atoms with Crippen LogP contribution in [0.4, 0.5) is 14.9 Å². The van der Waals surface area contributed by atoms with Crippen molar-refractivity contribution < 1.29 is 37.4 Å². The van der Waals surface area contributed by atoms with Gasteiger partial charge in [0, 0.05) is 22.7 Å². The Morgan fingerprint density at radius 3 is 2.65 bits per heavy atom. The second-order valence-corrected chi connectivity index (χ2v) is 6.61. The van der Waals surface area contributed by atoms with Crippen molar-refractivity contribution in [2.75, 3.05) is 25.1 Å². The zero-order valence-electron chi connectivity index (χ0n) is 16.3. The molecule has 0 unspecified atom stereocenters. The van der Waals surface area contributed by atoms with Gasteiger partial charge in [-0.15, -0.1) is 0 Å². The van der Waals surface area contributed by atoms with Crippen molar-refractivity contribution in [2.45, 2.75) is 6.92 Å². The number of aryl methyl sites for hydroxylation is 1. The number of ether oxygens (including phenoxy) is 3. The second-order valence-electron chi connectivity index (χ2n) is 6.61. The van der Waals surface area contributed by atoms with Crippen molar-refractivity contribution in [3.63, 3.8) is 0 Å². The Kier molecular flexibility index (Phi) is 5.44. The van der Waals surface area contributed by atoms with Crippen LogP contribution in [0.2, 0.25) is 0 Å². The van der Waals surface area contributed by atoms with Crippen molar-refractivity contribution in [1.82, 2.24) is 5.32 Å². The van der Waals surface area contributed by atoms with E-state index in [0.717, 1.165) is 0 Å². The smallest absolute Gasteiger partial charge is 0.375 e. The fourth-order valence-corrected chi connectivity index (χ4v) is 3.05. The van der Waals surface area contributed by atoms with Gasteiger partial charge in [-0.25, -0.2) is 14.0 Å². The van der Waals surface area contributed by atoms with Crippen LogP contribution in [0.3, 0.4) is 0 Å². The van der Waals surface area contributed by atoms with Gasteiger partial charge in [-0.1, -0.05) is 12.1 Å². The van der Waals surface area contributed by atoms with Crippen LogP contribution >= 0.6 is 0 Å². The van der Waals surface area contributed by atoms with Crippen LogP contribution in [-0.4, -0.2) is 37.7 Å². The third-order valence-electron chi connectivity index (χ3n) is 4.49. The maximum atomic E-state index is 13.8. The molecule has 1 aromatic heterocycles. The van der Waals surface area contributed by atoms with E-state index < -0.39 is 30.3 Å². The zero-order valence-corrected chi connectivity index (χ0v) is 16.3. The normalized spacial score (nSPS) is 12.3. The summed E-state index contributed by atoms with van der Waals surface area (Å²) in [7, 11) is 0. The molecule has 0 radical (unpaired) electrons. The van der Waals surface area contributed by atoms with Gasteiger partial charge in [-0.2, -0.15) is 0 Å². The average Bonchev–Trinajstić information content (AvgIpc) is 3.10. The number of halogens is 1. The first-order valence-corrected chi connectivity index (χ1v) is 9.27. The lowest BCUT2D eigenvalue weighted by Gasteiger charge is -2.19. The maximum absolute atomic E-state index is 13.8. The topological polar surface area (TPSA) is 116 Å². The average molecular weight is 428 g/mol. The minimum absolute atomic E-state index is 0.0739. The summed E-state index contributed by atoms with van der Waals surface area (Å²) in [4.78, 5) is 36.2. The van der Waals surface area contributed by atoms with Gasteiger partial charge in [0.15, 0.2) is 29.5 Å². The predicted octanol–water partition coefficient (Wildman–Crippen LogP) is 3.16. The molecular weight excluding hydrogens is 411 g/mol. The lowest BCUT2D eigenvalue weighted by molar-refractivity contribution is -0.123. The van der Waals surface area contributed by atoms with E-state index in [1.807, 2.05) is 5.32 Å². The Morgan fingerprint density at radius 2 is 1.87 bits per heavy atom. The van der Waals surface area contributed by atoms with Gasteiger partial charge < -0.3 is 23.9 Å². The third-order valence-corrected chi connectivity index (χ3v) is 4.49. The van der Waals surface area contributed by atoms with Crippen molar-refractivity contribution in [3.8, 4) is 11.5 Å². The number of amides is 3. The molecule has 0 saturated heterocycles. The Hall–Kier alpha value is -4.08. The minimum atomic E-state index is -0.949. The molecule has 31 heavy (non-hydrogen) atoms. The first-order valence-electron chi connectivity index (χ1n) is 9.27. The third kappa shape index (κ3) is 4.27. The molecular formula is C21H17FN2O7. The summed E-state index contributed by atoms with van der Waals surface area (Å²) < 4.78 is 34.7. The summed E-state index contributed by atoms with van der Waals surface area (Å²) in [6, 6.07) is 8.25. The number of carbonyl (C=O) groups excluding carboxylic acids is 3. The summed E-state index contributed by atoms with van der Waals surface area (Å²) in [6.07, 6.45) is 0. The standard InChI is InChI=1S/C21H17FN2O7/c1-11-13-3-2-4-14(22)19(13)31-18(11)20(26)30-10-17(25)24-21(27)23-12-5-6-15-16(9-12)29-8-7-28-15/h2-6,9H,7-8,10H2,1H3,(H2,23,24,25,27). The van der Waals surface area contributed by atoms with E-state index in [0.29, 0.717) is 41.3 Å². The number of anilines is 1. The van der Waals surface area contributed by atoms with E-state index in [1.165, 1.54) is 12.1 Å². The molecule has 0 saturated carbocycles. The van der Waals surface area contributed by atoms with Gasteiger partial charge in [0.25, 0.3) is 5.91 Å². The number of imide groups is 1. The Bertz CT molecular complexity index is 1190. The van der Waals surface area contributed by atoms with E-state index in [9.17, 15) is 18.8 Å². The maximum Gasteiger partial charge on any atom is 0.375 e. The minimum Gasteiger partial charge on any atom is -0.486 e. The number of nitrogens with one attached hydrogen (secondary N) is 2. The highest BCUT2D eigenvalue weighted by Crippen LogP contribution is 2.32. The molecule has 160 valence electrons. The highest BCUT2D eigenvalue weighted by atomic mass is 19.1. The molecule has 0 bridgehead atoms. The van der Waals surface area contributed by atoms with E-state index in [2.05, 4.69) is 5.32 Å². The summed E-state index contributed by atoms with van der Waals surface area (Å²) >= 11 is 0. The molecule has 2 aromatic carbocycles. The number of furan rings is 1. The van der Waals surface area contributed by atoms with Crippen LogP contribution in [-0.2, 0) is 9.53 Å². The molecule has 9 nitrogen and oxygen atoms in total. The summed E-state index contributed by atoms with van der Waals surface area (Å²) in [5.41, 5.74) is 0.693. The quantitative estimate of drug-likeness (QED) is 0.613. The van der Waals surface area contributed by atoms with Crippen LogP contribution < -0.4 is 20.1 Å². The highest BCUT2D eigenvalue weighted by Gasteiger charge is 2.22. The Morgan fingerprint density at radius 1 is 1.10 bits per heavy atom. The molecule has 3 aromatic rings. The number of urea groups is 1. The van der Waals surface area contributed by atoms with Crippen molar-refractivity contribution in [2.24, 2.45) is 0 Å². The number of fused-ring (bicyclic) bond motifs is 2. The highest BCUT2D eigenvalue weighted by molar-refractivity contribution is 6.03. The molecule has 0 spiro atoms. The molecule has 1 aliphatic heterocycles. The molecule has 4 rings (SSSR count). The molecule has 1 aliphatic rings. The molecule has 0 aliphatic carbocycles. The second kappa shape index (κ2) is 8.34. The van der Waals surface area contributed by atoms with E-state index in [1.54, 1.807) is 31.2 Å². The van der Waals surface area contributed by atoms with Crippen molar-refractivity contribution in [1.29, 1.82) is 0 Å². The number of esters is 1. The van der Waals surface area contributed by atoms with Crippen LogP contribution in [0.25, 0.3) is 11.0 Å². The molecule has 2 heterocycles. The first kappa shape index (κ1) is 20.2.